The number of fused-ring (bicyclic) bond motifs is 1. The molecule has 0 radical (unpaired) electrons. The van der Waals surface area contributed by atoms with Crippen LogP contribution >= 0.6 is 11.3 Å². The van der Waals surface area contributed by atoms with Crippen LogP contribution in [0.2, 0.25) is 0 Å². The molecule has 1 amide bonds. The normalized spacial score (nSPS) is 23.2. The number of likely N-dealkylation sites (N-methyl/N-ethyl adjacent to an activating group) is 1. The summed E-state index contributed by atoms with van der Waals surface area (Å²) in [5.41, 5.74) is -0.134. The van der Waals surface area contributed by atoms with Gasteiger partial charge in [0.2, 0.25) is 0 Å². The maximum absolute atomic E-state index is 13.9. The van der Waals surface area contributed by atoms with Crippen molar-refractivity contribution in [2.24, 2.45) is 4.99 Å². The molecule has 4 heterocycles. The number of esters is 3. The molecule has 0 N–H and O–H groups in total. The summed E-state index contributed by atoms with van der Waals surface area (Å²) < 4.78 is 20.7. The van der Waals surface area contributed by atoms with Crippen molar-refractivity contribution in [2.45, 2.75) is 23.9 Å². The van der Waals surface area contributed by atoms with E-state index in [1.165, 1.54) is 44.7 Å². The summed E-state index contributed by atoms with van der Waals surface area (Å²) in [5, 5.41) is 1.75. The van der Waals surface area contributed by atoms with Gasteiger partial charge >= 0.3 is 17.9 Å². The second-order valence-corrected chi connectivity index (χ2v) is 9.89. The summed E-state index contributed by atoms with van der Waals surface area (Å²) >= 11 is 1.21. The van der Waals surface area contributed by atoms with Crippen molar-refractivity contribution in [1.82, 2.24) is 4.90 Å². The zero-order chi connectivity index (χ0) is 27.4. The van der Waals surface area contributed by atoms with Gasteiger partial charge in [-0.1, -0.05) is 6.07 Å². The largest absolute Gasteiger partial charge is 0.497 e. The van der Waals surface area contributed by atoms with E-state index in [9.17, 15) is 19.2 Å². The molecule has 198 valence electrons. The van der Waals surface area contributed by atoms with Crippen LogP contribution in [0.15, 0.2) is 52.0 Å². The lowest BCUT2D eigenvalue weighted by atomic mass is 9.69. The van der Waals surface area contributed by atoms with Gasteiger partial charge < -0.3 is 23.8 Å². The predicted molar refractivity (Wildman–Crippen MR) is 136 cm³/mol. The molecule has 0 bridgehead atoms. The second-order valence-electron chi connectivity index (χ2n) is 8.94. The third kappa shape index (κ3) is 3.36. The summed E-state index contributed by atoms with van der Waals surface area (Å²) in [4.78, 5) is 61.4. The van der Waals surface area contributed by atoms with Crippen molar-refractivity contribution in [3.8, 4) is 5.75 Å². The van der Waals surface area contributed by atoms with Gasteiger partial charge in [-0.25, -0.2) is 19.4 Å². The topological polar surface area (TPSA) is 124 Å². The van der Waals surface area contributed by atoms with Crippen LogP contribution in [0.25, 0.3) is 0 Å². The van der Waals surface area contributed by atoms with Crippen LogP contribution in [0.5, 0.6) is 5.75 Å². The van der Waals surface area contributed by atoms with Crippen LogP contribution in [0.3, 0.4) is 0 Å². The average Bonchev–Trinajstić information content (AvgIpc) is 3.66. The van der Waals surface area contributed by atoms with Crippen LogP contribution in [0.4, 0.5) is 5.69 Å². The van der Waals surface area contributed by atoms with Gasteiger partial charge in [-0.2, -0.15) is 0 Å². The van der Waals surface area contributed by atoms with Crippen molar-refractivity contribution < 1.29 is 38.1 Å². The number of carbonyl (C=O) groups is 4. The highest BCUT2D eigenvalue weighted by molar-refractivity contribution is 7.12. The Bertz CT molecular complexity index is 1420. The van der Waals surface area contributed by atoms with E-state index in [-0.39, 0.29) is 23.5 Å². The third-order valence-corrected chi connectivity index (χ3v) is 8.18. The monoisotopic (exact) mass is 539 g/mol. The lowest BCUT2D eigenvalue weighted by Crippen LogP contribution is -2.55. The SMILES string of the molecule is COC(=O)C1=C(C(=O)OC)[C@@H]2N(C)c3ccc(OC)cc3[C@@]23C[C@@H](C(=O)OC)N(C(=O)c2cccs2)C3=N1. The Balaban J connectivity index is 1.87. The summed E-state index contributed by atoms with van der Waals surface area (Å²) in [7, 11) is 6.91. The number of thiophene rings is 1. The number of likely N-dealkylation sites (tertiary alicyclic amines) is 1. The minimum absolute atomic E-state index is 0.0326. The number of rotatable bonds is 5. The van der Waals surface area contributed by atoms with E-state index >= 15 is 0 Å². The first-order chi connectivity index (χ1) is 18.2. The Morgan fingerprint density at radius 3 is 2.37 bits per heavy atom. The van der Waals surface area contributed by atoms with Crippen molar-refractivity contribution >= 4 is 46.7 Å². The number of aliphatic imine (C=N–C) groups is 1. The number of methoxy groups -OCH3 is 4. The standard InChI is InChI=1S/C26H25N3O8S/c1-28-15-9-8-13(34-2)11-14(15)26-12-16(22(31)35-3)29(21(30)17-7-6-10-38-17)25(26)27-19(24(33)37-5)18(20(26)28)23(32)36-4/h6-11,16,20H,12H2,1-5H3/t16-,20-,26-/m0/s1. The van der Waals surface area contributed by atoms with E-state index in [1.54, 1.807) is 36.7 Å². The average molecular weight is 540 g/mol. The molecule has 2 aromatic rings. The number of ether oxygens (including phenoxy) is 4. The maximum atomic E-state index is 13.9. The Kier molecular flexibility index (Phi) is 6.22. The summed E-state index contributed by atoms with van der Waals surface area (Å²) in [5.74, 6) is -2.11. The molecular formula is C26H25N3O8S. The van der Waals surface area contributed by atoms with Crippen LogP contribution in [-0.2, 0) is 34.0 Å². The van der Waals surface area contributed by atoms with Crippen LogP contribution < -0.4 is 9.64 Å². The lowest BCUT2D eigenvalue weighted by molar-refractivity contribution is -0.144. The Labute approximate surface area is 222 Å². The van der Waals surface area contributed by atoms with E-state index in [2.05, 4.69) is 4.99 Å². The summed E-state index contributed by atoms with van der Waals surface area (Å²) in [6.07, 6.45) is 0.0414. The molecule has 3 aliphatic heterocycles. The maximum Gasteiger partial charge on any atom is 0.357 e. The molecule has 0 unspecified atom stereocenters. The molecule has 0 saturated carbocycles. The fourth-order valence-corrected chi connectivity index (χ4v) is 6.44. The van der Waals surface area contributed by atoms with Crippen molar-refractivity contribution in [3.05, 3.63) is 57.4 Å². The molecule has 38 heavy (non-hydrogen) atoms. The number of nitrogens with zero attached hydrogens (tertiary/aromatic N) is 3. The van der Waals surface area contributed by atoms with E-state index in [0.29, 0.717) is 21.9 Å². The fraction of sp³-hybridized carbons (Fsp3) is 0.346. The highest BCUT2D eigenvalue weighted by atomic mass is 32.1. The summed E-state index contributed by atoms with van der Waals surface area (Å²) in [6.45, 7) is 0. The molecule has 1 saturated heterocycles. The molecule has 0 aliphatic carbocycles. The van der Waals surface area contributed by atoms with E-state index < -0.39 is 41.3 Å². The number of anilines is 1. The zero-order valence-corrected chi connectivity index (χ0v) is 22.2. The lowest BCUT2D eigenvalue weighted by Gasteiger charge is -2.39. The van der Waals surface area contributed by atoms with E-state index in [4.69, 9.17) is 18.9 Å². The number of amides is 1. The number of hydrogen-bond donors (Lipinski definition) is 0. The second kappa shape index (κ2) is 9.28. The van der Waals surface area contributed by atoms with Crippen molar-refractivity contribution in [1.29, 1.82) is 0 Å². The first-order valence-corrected chi connectivity index (χ1v) is 12.5. The molecule has 1 aromatic carbocycles. The molecule has 12 heteroatoms. The van der Waals surface area contributed by atoms with E-state index in [0.717, 1.165) is 0 Å². The fourth-order valence-electron chi connectivity index (χ4n) is 5.78. The minimum atomic E-state index is -1.20. The van der Waals surface area contributed by atoms with Crippen LogP contribution in [-0.4, -0.2) is 82.1 Å². The molecule has 1 aromatic heterocycles. The van der Waals surface area contributed by atoms with Crippen LogP contribution in [0.1, 0.15) is 21.7 Å². The van der Waals surface area contributed by atoms with Gasteiger partial charge in [0.1, 0.15) is 17.6 Å². The molecule has 5 rings (SSSR count). The highest BCUT2D eigenvalue weighted by Crippen LogP contribution is 2.58. The van der Waals surface area contributed by atoms with Crippen molar-refractivity contribution in [3.63, 3.8) is 0 Å². The van der Waals surface area contributed by atoms with Crippen molar-refractivity contribution in [2.75, 3.05) is 40.4 Å². The van der Waals surface area contributed by atoms with Gasteiger partial charge in [0.25, 0.3) is 5.91 Å². The Morgan fingerprint density at radius 1 is 1.03 bits per heavy atom. The molecular weight excluding hydrogens is 514 g/mol. The van der Waals surface area contributed by atoms with Gasteiger partial charge in [0.05, 0.1) is 50.3 Å². The molecule has 11 nitrogen and oxygen atoms in total. The minimum Gasteiger partial charge on any atom is -0.497 e. The van der Waals surface area contributed by atoms with E-state index in [1.807, 2.05) is 11.0 Å². The smallest absolute Gasteiger partial charge is 0.357 e. The molecule has 3 atom stereocenters. The Morgan fingerprint density at radius 2 is 1.76 bits per heavy atom. The first kappa shape index (κ1) is 25.5. The number of benzene rings is 1. The number of amidine groups is 1. The number of hydrogen-bond acceptors (Lipinski definition) is 11. The van der Waals surface area contributed by atoms with Crippen LogP contribution in [0, 0.1) is 0 Å². The molecule has 3 aliphatic rings. The third-order valence-electron chi connectivity index (χ3n) is 7.33. The predicted octanol–water partition coefficient (Wildman–Crippen LogP) is 1.91. The summed E-state index contributed by atoms with van der Waals surface area (Å²) in [6, 6.07) is 6.81. The van der Waals surface area contributed by atoms with Gasteiger partial charge in [0, 0.05) is 12.7 Å². The molecule has 1 spiro atoms. The van der Waals surface area contributed by atoms with Gasteiger partial charge in [-0.3, -0.25) is 9.69 Å². The molecule has 1 fully saturated rings. The quantitative estimate of drug-likeness (QED) is 0.414. The first-order valence-electron chi connectivity index (χ1n) is 11.6. The van der Waals surface area contributed by atoms with Gasteiger partial charge in [-0.05, 0) is 41.6 Å². The highest BCUT2D eigenvalue weighted by Gasteiger charge is 2.67. The Hall–Kier alpha value is -4.19. The van der Waals surface area contributed by atoms with Gasteiger partial charge in [-0.15, -0.1) is 11.3 Å². The number of carbonyl (C=O) groups excluding carboxylic acids is 4. The van der Waals surface area contributed by atoms with Gasteiger partial charge in [0.15, 0.2) is 5.70 Å². The zero-order valence-electron chi connectivity index (χ0n) is 21.3.